The zero-order valence-corrected chi connectivity index (χ0v) is 8.24. The van der Waals surface area contributed by atoms with E-state index in [2.05, 4.69) is 4.90 Å². The average Bonchev–Trinajstić information content (AvgIpc) is 2.93. The first-order chi connectivity index (χ1) is 6.38. The number of hydrogen-bond acceptors (Lipinski definition) is 2. The molecule has 2 heteroatoms. The first kappa shape index (κ1) is 9.20. The fourth-order valence-corrected chi connectivity index (χ4v) is 2.21. The van der Waals surface area contributed by atoms with Gasteiger partial charge < -0.3 is 9.69 Å². The van der Waals surface area contributed by atoms with Crippen molar-refractivity contribution < 1.29 is 4.79 Å². The molecule has 0 aromatic heterocycles. The van der Waals surface area contributed by atoms with Crippen LogP contribution in [0.5, 0.6) is 0 Å². The van der Waals surface area contributed by atoms with Gasteiger partial charge in [0.15, 0.2) is 0 Å². The molecule has 0 aromatic rings. The molecule has 2 aliphatic rings. The maximum absolute atomic E-state index is 10.3. The summed E-state index contributed by atoms with van der Waals surface area (Å²) < 4.78 is 0. The predicted octanol–water partition coefficient (Wildman–Crippen LogP) is 1.70. The van der Waals surface area contributed by atoms with E-state index in [0.717, 1.165) is 18.6 Å². The highest BCUT2D eigenvalue weighted by Gasteiger charge is 2.26. The molecule has 1 aliphatic carbocycles. The Kier molecular flexibility index (Phi) is 2.99. The smallest absolute Gasteiger partial charge is 0.120 e. The van der Waals surface area contributed by atoms with E-state index in [9.17, 15) is 4.79 Å². The normalized spacial score (nSPS) is 26.2. The lowest BCUT2D eigenvalue weighted by Crippen LogP contribution is -2.35. The molecule has 0 aromatic carbocycles. The summed E-state index contributed by atoms with van der Waals surface area (Å²) in [5.41, 5.74) is 0. The van der Waals surface area contributed by atoms with Gasteiger partial charge in [-0.2, -0.15) is 0 Å². The number of rotatable bonds is 4. The monoisotopic (exact) mass is 181 g/mol. The van der Waals surface area contributed by atoms with Crippen LogP contribution in [0.3, 0.4) is 0 Å². The van der Waals surface area contributed by atoms with Gasteiger partial charge in [0.05, 0.1) is 0 Å². The van der Waals surface area contributed by atoms with Crippen LogP contribution in [0.25, 0.3) is 0 Å². The van der Waals surface area contributed by atoms with E-state index in [0.29, 0.717) is 5.92 Å². The minimum absolute atomic E-state index is 0.688. The predicted molar refractivity (Wildman–Crippen MR) is 52.6 cm³/mol. The van der Waals surface area contributed by atoms with Gasteiger partial charge in [0.25, 0.3) is 0 Å². The minimum atomic E-state index is 0.688. The SMILES string of the molecule is O=CCC1CCN(CC2CC2)CC1. The summed E-state index contributed by atoms with van der Waals surface area (Å²) in [5, 5.41) is 0. The van der Waals surface area contributed by atoms with E-state index in [-0.39, 0.29) is 0 Å². The molecule has 0 unspecified atom stereocenters. The fourth-order valence-electron chi connectivity index (χ4n) is 2.21. The molecule has 1 heterocycles. The number of piperidine rings is 1. The number of carbonyl (C=O) groups excluding carboxylic acids is 1. The van der Waals surface area contributed by atoms with E-state index in [1.165, 1.54) is 45.3 Å². The summed E-state index contributed by atoms with van der Waals surface area (Å²) in [7, 11) is 0. The third-order valence-corrected chi connectivity index (χ3v) is 3.35. The van der Waals surface area contributed by atoms with E-state index >= 15 is 0 Å². The van der Waals surface area contributed by atoms with Crippen molar-refractivity contribution in [2.75, 3.05) is 19.6 Å². The van der Waals surface area contributed by atoms with Crippen molar-refractivity contribution in [3.05, 3.63) is 0 Å². The van der Waals surface area contributed by atoms with Gasteiger partial charge in [0, 0.05) is 13.0 Å². The van der Waals surface area contributed by atoms with Crippen LogP contribution in [0, 0.1) is 11.8 Å². The summed E-state index contributed by atoms with van der Waals surface area (Å²) >= 11 is 0. The third kappa shape index (κ3) is 2.80. The van der Waals surface area contributed by atoms with Crippen LogP contribution in [0.4, 0.5) is 0 Å². The molecule has 0 radical (unpaired) electrons. The lowest BCUT2D eigenvalue weighted by atomic mass is 9.94. The maximum atomic E-state index is 10.3. The van der Waals surface area contributed by atoms with Gasteiger partial charge in [-0.3, -0.25) is 0 Å². The van der Waals surface area contributed by atoms with Crippen LogP contribution in [0.2, 0.25) is 0 Å². The largest absolute Gasteiger partial charge is 0.303 e. The molecule has 0 N–H and O–H groups in total. The van der Waals surface area contributed by atoms with E-state index in [1.54, 1.807) is 0 Å². The topological polar surface area (TPSA) is 20.3 Å². The summed E-state index contributed by atoms with van der Waals surface area (Å²) in [5.74, 6) is 1.70. The lowest BCUT2D eigenvalue weighted by Gasteiger charge is -2.31. The van der Waals surface area contributed by atoms with Gasteiger partial charge in [0.1, 0.15) is 6.29 Å². The Hall–Kier alpha value is -0.370. The molecular formula is C11H19NO. The number of aldehydes is 1. The van der Waals surface area contributed by atoms with Crippen molar-refractivity contribution in [3.63, 3.8) is 0 Å². The molecule has 2 fully saturated rings. The average molecular weight is 181 g/mol. The molecule has 1 aliphatic heterocycles. The number of carbonyl (C=O) groups is 1. The van der Waals surface area contributed by atoms with Gasteiger partial charge in [-0.15, -0.1) is 0 Å². The Bertz CT molecular complexity index is 169. The second-order valence-corrected chi connectivity index (χ2v) is 4.59. The van der Waals surface area contributed by atoms with Crippen molar-refractivity contribution in [2.24, 2.45) is 11.8 Å². The molecule has 74 valence electrons. The van der Waals surface area contributed by atoms with Crippen molar-refractivity contribution in [3.8, 4) is 0 Å². The second kappa shape index (κ2) is 4.23. The van der Waals surface area contributed by atoms with E-state index < -0.39 is 0 Å². The molecule has 1 saturated heterocycles. The van der Waals surface area contributed by atoms with Gasteiger partial charge >= 0.3 is 0 Å². The fraction of sp³-hybridized carbons (Fsp3) is 0.909. The molecule has 1 saturated carbocycles. The van der Waals surface area contributed by atoms with Crippen LogP contribution >= 0.6 is 0 Å². The number of nitrogens with zero attached hydrogens (tertiary/aromatic N) is 1. The minimum Gasteiger partial charge on any atom is -0.303 e. The van der Waals surface area contributed by atoms with Crippen molar-refractivity contribution in [2.45, 2.75) is 32.1 Å². The van der Waals surface area contributed by atoms with Gasteiger partial charge in [-0.25, -0.2) is 0 Å². The Balaban J connectivity index is 1.65. The first-order valence-electron chi connectivity index (χ1n) is 5.54. The zero-order valence-electron chi connectivity index (χ0n) is 8.24. The summed E-state index contributed by atoms with van der Waals surface area (Å²) in [6, 6.07) is 0. The highest BCUT2D eigenvalue weighted by molar-refractivity contribution is 5.49. The summed E-state index contributed by atoms with van der Waals surface area (Å²) in [6.07, 6.45) is 7.26. The van der Waals surface area contributed by atoms with Crippen LogP contribution < -0.4 is 0 Å². The van der Waals surface area contributed by atoms with Crippen LogP contribution in [0.15, 0.2) is 0 Å². The molecule has 0 amide bonds. The second-order valence-electron chi connectivity index (χ2n) is 4.59. The molecule has 2 rings (SSSR count). The summed E-state index contributed by atoms with van der Waals surface area (Å²) in [6.45, 7) is 3.79. The molecule has 0 spiro atoms. The number of hydrogen-bond donors (Lipinski definition) is 0. The van der Waals surface area contributed by atoms with Crippen LogP contribution in [-0.2, 0) is 4.79 Å². The Morgan fingerprint density at radius 3 is 2.31 bits per heavy atom. The Morgan fingerprint density at radius 2 is 1.77 bits per heavy atom. The van der Waals surface area contributed by atoms with Crippen molar-refractivity contribution >= 4 is 6.29 Å². The third-order valence-electron chi connectivity index (χ3n) is 3.35. The van der Waals surface area contributed by atoms with Crippen molar-refractivity contribution in [1.82, 2.24) is 4.90 Å². The van der Waals surface area contributed by atoms with Gasteiger partial charge in [0.2, 0.25) is 0 Å². The van der Waals surface area contributed by atoms with Crippen molar-refractivity contribution in [1.29, 1.82) is 0 Å². The first-order valence-corrected chi connectivity index (χ1v) is 5.54. The van der Waals surface area contributed by atoms with Crippen LogP contribution in [0.1, 0.15) is 32.1 Å². The molecule has 2 nitrogen and oxygen atoms in total. The lowest BCUT2D eigenvalue weighted by molar-refractivity contribution is -0.108. The van der Waals surface area contributed by atoms with Gasteiger partial charge in [-0.05, 0) is 50.6 Å². The Morgan fingerprint density at radius 1 is 1.08 bits per heavy atom. The van der Waals surface area contributed by atoms with Crippen LogP contribution in [-0.4, -0.2) is 30.8 Å². The van der Waals surface area contributed by atoms with E-state index in [1.807, 2.05) is 0 Å². The highest BCUT2D eigenvalue weighted by atomic mass is 16.1. The number of likely N-dealkylation sites (tertiary alicyclic amines) is 1. The molecular weight excluding hydrogens is 162 g/mol. The highest BCUT2D eigenvalue weighted by Crippen LogP contribution is 2.31. The molecule has 0 atom stereocenters. The summed E-state index contributed by atoms with van der Waals surface area (Å²) in [4.78, 5) is 12.9. The van der Waals surface area contributed by atoms with E-state index in [4.69, 9.17) is 0 Å². The Labute approximate surface area is 80.3 Å². The zero-order chi connectivity index (χ0) is 9.10. The molecule has 13 heavy (non-hydrogen) atoms. The molecule has 0 bridgehead atoms. The van der Waals surface area contributed by atoms with Gasteiger partial charge in [-0.1, -0.05) is 0 Å². The quantitative estimate of drug-likeness (QED) is 0.615. The standard InChI is InChI=1S/C11H19NO/c13-8-5-10-3-6-12(7-4-10)9-11-1-2-11/h8,10-11H,1-7,9H2. The maximum Gasteiger partial charge on any atom is 0.120 e.